The molecule has 0 saturated carbocycles. The van der Waals surface area contributed by atoms with Crippen molar-refractivity contribution in [2.45, 2.75) is 19.9 Å². The first-order chi connectivity index (χ1) is 12.4. The molecular weight excluding hydrogens is 368 g/mol. The van der Waals surface area contributed by atoms with Crippen LogP contribution in [0, 0.1) is 6.92 Å². The van der Waals surface area contributed by atoms with Gasteiger partial charge in [0.05, 0.1) is 18.0 Å². The van der Waals surface area contributed by atoms with Crippen molar-refractivity contribution in [3.63, 3.8) is 0 Å². The zero-order valence-corrected chi connectivity index (χ0v) is 16.5. The van der Waals surface area contributed by atoms with E-state index in [1.165, 1.54) is 14.7 Å². The molecule has 2 aromatic rings. The zero-order valence-electron chi connectivity index (χ0n) is 14.9. The lowest BCUT2D eigenvalue weighted by Gasteiger charge is -2.16. The molecule has 26 heavy (non-hydrogen) atoms. The topological polar surface area (TPSA) is 57.7 Å². The van der Waals surface area contributed by atoms with Crippen LogP contribution in [-0.2, 0) is 21.4 Å². The summed E-state index contributed by atoms with van der Waals surface area (Å²) in [5.74, 6) is 0.142. The molecule has 138 valence electrons. The number of hydrogen-bond acceptors (Lipinski definition) is 4. The fourth-order valence-electron chi connectivity index (χ4n) is 2.84. The number of likely N-dealkylation sites (N-methyl/N-ethyl adjacent to an activating group) is 1. The quantitative estimate of drug-likeness (QED) is 0.736. The summed E-state index contributed by atoms with van der Waals surface area (Å²) in [7, 11) is -1.38. The smallest absolute Gasteiger partial charge is 0.246 e. The Morgan fingerprint density at radius 2 is 2.00 bits per heavy atom. The molecule has 1 aromatic carbocycles. The molecule has 0 unspecified atom stereocenters. The maximum absolute atomic E-state index is 12.3. The fourth-order valence-corrected chi connectivity index (χ4v) is 5.36. The predicted molar refractivity (Wildman–Crippen MR) is 107 cm³/mol. The molecule has 1 fully saturated rings. The van der Waals surface area contributed by atoms with Gasteiger partial charge in [-0.3, -0.25) is 9.10 Å². The summed E-state index contributed by atoms with van der Waals surface area (Å²) < 4.78 is 25.4. The molecule has 7 heteroatoms. The van der Waals surface area contributed by atoms with Crippen LogP contribution in [0.3, 0.4) is 0 Å². The van der Waals surface area contributed by atoms with Crippen molar-refractivity contribution in [1.29, 1.82) is 0 Å². The first kappa shape index (κ1) is 18.7. The Kier molecular flexibility index (Phi) is 5.48. The first-order valence-corrected chi connectivity index (χ1v) is 10.9. The number of benzene rings is 1. The molecule has 0 bridgehead atoms. The van der Waals surface area contributed by atoms with Gasteiger partial charge in [-0.15, -0.1) is 11.3 Å². The van der Waals surface area contributed by atoms with Crippen LogP contribution in [0.4, 0.5) is 5.69 Å². The maximum atomic E-state index is 12.3. The second kappa shape index (κ2) is 7.63. The van der Waals surface area contributed by atoms with E-state index in [0.717, 1.165) is 5.56 Å². The van der Waals surface area contributed by atoms with Crippen molar-refractivity contribution < 1.29 is 13.2 Å². The molecule has 0 atom stereocenters. The standard InChI is InChI=1S/C19H22N2O3S2/c1-15-10-12-25-18(15)14-20(2)19(22)9-6-16-4-7-17(8-5-16)21-11-3-13-26(21,23)24/h4-10,12H,3,11,13-14H2,1-2H3/b9-6+. The Bertz CT molecular complexity index is 915. The van der Waals surface area contributed by atoms with Gasteiger partial charge in [-0.2, -0.15) is 0 Å². The van der Waals surface area contributed by atoms with E-state index in [1.54, 1.807) is 47.6 Å². The van der Waals surface area contributed by atoms with Gasteiger partial charge in [-0.25, -0.2) is 8.42 Å². The second-order valence-electron chi connectivity index (χ2n) is 6.39. The zero-order chi connectivity index (χ0) is 18.7. The summed E-state index contributed by atoms with van der Waals surface area (Å²) in [6.45, 7) is 3.17. The van der Waals surface area contributed by atoms with Gasteiger partial charge in [0, 0.05) is 24.5 Å². The van der Waals surface area contributed by atoms with Crippen LogP contribution in [0.15, 0.2) is 41.8 Å². The van der Waals surface area contributed by atoms with E-state index in [0.29, 0.717) is 25.2 Å². The van der Waals surface area contributed by atoms with Crippen LogP contribution in [0.2, 0.25) is 0 Å². The van der Waals surface area contributed by atoms with Gasteiger partial charge in [0.2, 0.25) is 15.9 Å². The summed E-state index contributed by atoms with van der Waals surface area (Å²) in [5.41, 5.74) is 2.74. The molecule has 1 aliphatic heterocycles. The normalized spacial score (nSPS) is 16.3. The number of hydrogen-bond donors (Lipinski definition) is 0. The molecule has 0 spiro atoms. The van der Waals surface area contributed by atoms with E-state index in [1.807, 2.05) is 24.4 Å². The monoisotopic (exact) mass is 390 g/mol. The van der Waals surface area contributed by atoms with Crippen molar-refractivity contribution in [2.24, 2.45) is 0 Å². The van der Waals surface area contributed by atoms with E-state index in [2.05, 4.69) is 6.07 Å². The first-order valence-electron chi connectivity index (χ1n) is 8.43. The van der Waals surface area contributed by atoms with Crippen LogP contribution in [0.5, 0.6) is 0 Å². The van der Waals surface area contributed by atoms with Crippen LogP contribution < -0.4 is 4.31 Å². The largest absolute Gasteiger partial charge is 0.337 e. The number of anilines is 1. The van der Waals surface area contributed by atoms with Crippen LogP contribution in [0.1, 0.15) is 22.4 Å². The predicted octanol–water partition coefficient (Wildman–Crippen LogP) is 3.27. The summed E-state index contributed by atoms with van der Waals surface area (Å²) in [4.78, 5) is 15.1. The number of rotatable bonds is 5. The van der Waals surface area contributed by atoms with Gasteiger partial charge >= 0.3 is 0 Å². The summed E-state index contributed by atoms with van der Waals surface area (Å²) in [6, 6.07) is 9.28. The minimum absolute atomic E-state index is 0.0657. The highest BCUT2D eigenvalue weighted by Crippen LogP contribution is 2.24. The highest BCUT2D eigenvalue weighted by Gasteiger charge is 2.28. The molecule has 0 N–H and O–H groups in total. The molecule has 2 heterocycles. The third-order valence-corrected chi connectivity index (χ3v) is 7.30. The van der Waals surface area contributed by atoms with E-state index >= 15 is 0 Å². The lowest BCUT2D eigenvalue weighted by molar-refractivity contribution is -0.125. The Morgan fingerprint density at radius 3 is 2.58 bits per heavy atom. The Hall–Kier alpha value is -2.12. The van der Waals surface area contributed by atoms with Crippen LogP contribution in [-0.4, -0.2) is 38.6 Å². The fraction of sp³-hybridized carbons (Fsp3) is 0.316. The molecule has 1 amide bonds. The van der Waals surface area contributed by atoms with E-state index < -0.39 is 10.0 Å². The maximum Gasteiger partial charge on any atom is 0.246 e. The second-order valence-corrected chi connectivity index (χ2v) is 9.40. The van der Waals surface area contributed by atoms with Gasteiger partial charge in [0.1, 0.15) is 0 Å². The van der Waals surface area contributed by atoms with Gasteiger partial charge in [-0.1, -0.05) is 12.1 Å². The Morgan fingerprint density at radius 1 is 1.27 bits per heavy atom. The lowest BCUT2D eigenvalue weighted by atomic mass is 10.2. The third-order valence-electron chi connectivity index (χ3n) is 4.42. The molecular formula is C19H22N2O3S2. The van der Waals surface area contributed by atoms with Gasteiger partial charge in [0.25, 0.3) is 0 Å². The van der Waals surface area contributed by atoms with Gasteiger partial charge in [-0.05, 0) is 54.1 Å². The van der Waals surface area contributed by atoms with Crippen molar-refractivity contribution in [2.75, 3.05) is 23.7 Å². The van der Waals surface area contributed by atoms with Crippen molar-refractivity contribution in [1.82, 2.24) is 4.90 Å². The number of aryl methyl sites for hydroxylation is 1. The molecule has 1 aliphatic rings. The molecule has 3 rings (SSSR count). The lowest BCUT2D eigenvalue weighted by Crippen LogP contribution is -2.24. The molecule has 1 aromatic heterocycles. The van der Waals surface area contributed by atoms with E-state index in [4.69, 9.17) is 0 Å². The average Bonchev–Trinajstić information content (AvgIpc) is 3.18. The number of carbonyl (C=O) groups is 1. The number of nitrogens with zero attached hydrogens (tertiary/aromatic N) is 2. The highest BCUT2D eigenvalue weighted by molar-refractivity contribution is 7.93. The minimum Gasteiger partial charge on any atom is -0.337 e. The third kappa shape index (κ3) is 4.16. The number of carbonyl (C=O) groups excluding carboxylic acids is 1. The van der Waals surface area contributed by atoms with Crippen molar-refractivity contribution in [3.8, 4) is 0 Å². The number of thiophene rings is 1. The number of sulfonamides is 1. The van der Waals surface area contributed by atoms with E-state index in [9.17, 15) is 13.2 Å². The molecule has 0 aliphatic carbocycles. The van der Waals surface area contributed by atoms with Gasteiger partial charge < -0.3 is 4.90 Å². The summed E-state index contributed by atoms with van der Waals surface area (Å²) in [6.07, 6.45) is 3.96. The molecule has 1 saturated heterocycles. The van der Waals surface area contributed by atoms with Crippen LogP contribution in [0.25, 0.3) is 6.08 Å². The minimum atomic E-state index is -3.16. The average molecular weight is 391 g/mol. The van der Waals surface area contributed by atoms with E-state index in [-0.39, 0.29) is 11.7 Å². The summed E-state index contributed by atoms with van der Waals surface area (Å²) >= 11 is 1.65. The molecule has 5 nitrogen and oxygen atoms in total. The molecule has 0 radical (unpaired) electrons. The highest BCUT2D eigenvalue weighted by atomic mass is 32.2. The van der Waals surface area contributed by atoms with Crippen molar-refractivity contribution in [3.05, 3.63) is 57.8 Å². The SMILES string of the molecule is Cc1ccsc1CN(C)C(=O)/C=C/c1ccc(N2CCCS2(=O)=O)cc1. The summed E-state index contributed by atoms with van der Waals surface area (Å²) in [5, 5.41) is 2.03. The Balaban J connectivity index is 1.63. The number of amides is 1. The van der Waals surface area contributed by atoms with Crippen molar-refractivity contribution >= 4 is 39.0 Å². The Labute approximate surface area is 158 Å². The van der Waals surface area contributed by atoms with Gasteiger partial charge in [0.15, 0.2) is 0 Å². The van der Waals surface area contributed by atoms with Crippen LogP contribution >= 0.6 is 11.3 Å².